The molecule has 90 valence electrons. The summed E-state index contributed by atoms with van der Waals surface area (Å²) >= 11 is 0. The number of carbonyl (C=O) groups is 1. The minimum Gasteiger partial charge on any atom is -0.294 e. The topological polar surface area (TPSA) is 17.1 Å². The predicted octanol–water partition coefficient (Wildman–Crippen LogP) is 4.18. The first-order valence-electron chi connectivity index (χ1n) is 6.48. The minimum atomic E-state index is 0.298. The fourth-order valence-electron chi connectivity index (χ4n) is 2.81. The molecule has 0 amide bonds. The lowest BCUT2D eigenvalue weighted by atomic mass is 9.84. The maximum atomic E-state index is 12.0. The Kier molecular flexibility index (Phi) is 2.75. The second kappa shape index (κ2) is 4.41. The van der Waals surface area contributed by atoms with Crippen LogP contribution in [0.3, 0.4) is 0 Å². The molecule has 18 heavy (non-hydrogen) atoms. The number of Topliss-reactive ketones (excluding diaryl/α,β-unsaturated/α-hetero) is 1. The first-order valence-corrected chi connectivity index (χ1v) is 6.48. The summed E-state index contributed by atoms with van der Waals surface area (Å²) in [7, 11) is 0. The first-order chi connectivity index (χ1) is 8.77. The Labute approximate surface area is 107 Å². The van der Waals surface area contributed by atoms with Gasteiger partial charge in [0.25, 0.3) is 0 Å². The number of fused-ring (bicyclic) bond motifs is 1. The van der Waals surface area contributed by atoms with Gasteiger partial charge in [-0.3, -0.25) is 4.79 Å². The molecule has 0 atom stereocenters. The molecule has 0 saturated heterocycles. The molecule has 1 aliphatic rings. The second-order valence-electron chi connectivity index (χ2n) is 4.92. The second-order valence-corrected chi connectivity index (χ2v) is 4.92. The summed E-state index contributed by atoms with van der Waals surface area (Å²) in [5.41, 5.74) is 5.93. The van der Waals surface area contributed by atoms with Gasteiger partial charge in [0, 0.05) is 12.0 Å². The Bertz CT molecular complexity index is 611. The average molecular weight is 236 g/mol. The Morgan fingerprint density at radius 3 is 2.39 bits per heavy atom. The largest absolute Gasteiger partial charge is 0.294 e. The monoisotopic (exact) mass is 236 g/mol. The van der Waals surface area contributed by atoms with Crippen molar-refractivity contribution in [3.8, 4) is 11.1 Å². The van der Waals surface area contributed by atoms with Crippen LogP contribution in [-0.2, 0) is 6.42 Å². The molecule has 2 aromatic carbocycles. The van der Waals surface area contributed by atoms with E-state index < -0.39 is 0 Å². The van der Waals surface area contributed by atoms with Crippen molar-refractivity contribution in [1.29, 1.82) is 0 Å². The SMILES string of the molecule is Cc1ccccc1-c1cccc2c1CCCC2=O. The lowest BCUT2D eigenvalue weighted by Crippen LogP contribution is -2.11. The molecule has 2 aromatic rings. The highest BCUT2D eigenvalue weighted by Crippen LogP contribution is 2.32. The maximum absolute atomic E-state index is 12.0. The summed E-state index contributed by atoms with van der Waals surface area (Å²) in [6.07, 6.45) is 2.70. The van der Waals surface area contributed by atoms with Crippen molar-refractivity contribution in [2.24, 2.45) is 0 Å². The molecule has 1 aliphatic carbocycles. The molecule has 0 bridgehead atoms. The maximum Gasteiger partial charge on any atom is 0.163 e. The zero-order valence-corrected chi connectivity index (χ0v) is 10.6. The van der Waals surface area contributed by atoms with Gasteiger partial charge in [-0.05, 0) is 42.0 Å². The molecular formula is C17H16O. The average Bonchev–Trinajstić information content (AvgIpc) is 2.40. The molecule has 1 nitrogen and oxygen atoms in total. The van der Waals surface area contributed by atoms with Gasteiger partial charge >= 0.3 is 0 Å². The van der Waals surface area contributed by atoms with Crippen LogP contribution in [-0.4, -0.2) is 5.78 Å². The van der Waals surface area contributed by atoms with Crippen molar-refractivity contribution < 1.29 is 4.79 Å². The van der Waals surface area contributed by atoms with Gasteiger partial charge in [0.1, 0.15) is 0 Å². The van der Waals surface area contributed by atoms with Crippen molar-refractivity contribution in [1.82, 2.24) is 0 Å². The van der Waals surface area contributed by atoms with Crippen LogP contribution in [0.4, 0.5) is 0 Å². The number of benzene rings is 2. The van der Waals surface area contributed by atoms with E-state index in [0.717, 1.165) is 18.4 Å². The predicted molar refractivity (Wildman–Crippen MR) is 73.9 cm³/mol. The quantitative estimate of drug-likeness (QED) is 0.726. The Balaban J connectivity index is 2.22. The van der Waals surface area contributed by atoms with Gasteiger partial charge in [0.05, 0.1) is 0 Å². The number of hydrogen-bond donors (Lipinski definition) is 0. The van der Waals surface area contributed by atoms with E-state index in [-0.39, 0.29) is 0 Å². The summed E-state index contributed by atoms with van der Waals surface area (Å²) in [5.74, 6) is 0.298. The van der Waals surface area contributed by atoms with Gasteiger partial charge < -0.3 is 0 Å². The van der Waals surface area contributed by atoms with Crippen LogP contribution in [0, 0.1) is 6.92 Å². The Hall–Kier alpha value is -1.89. The smallest absolute Gasteiger partial charge is 0.163 e. The van der Waals surface area contributed by atoms with E-state index >= 15 is 0 Å². The number of carbonyl (C=O) groups excluding carboxylic acids is 1. The third-order valence-corrected chi connectivity index (χ3v) is 3.74. The third-order valence-electron chi connectivity index (χ3n) is 3.74. The van der Waals surface area contributed by atoms with E-state index in [1.165, 1.54) is 22.3 Å². The highest BCUT2D eigenvalue weighted by molar-refractivity contribution is 6.00. The van der Waals surface area contributed by atoms with Gasteiger partial charge in [0.2, 0.25) is 0 Å². The number of rotatable bonds is 1. The number of ketones is 1. The number of hydrogen-bond acceptors (Lipinski definition) is 1. The highest BCUT2D eigenvalue weighted by Gasteiger charge is 2.20. The molecule has 0 fully saturated rings. The van der Waals surface area contributed by atoms with Crippen LogP contribution in [0.1, 0.15) is 34.3 Å². The molecule has 1 heteroatoms. The molecule has 0 aliphatic heterocycles. The molecule has 0 aromatic heterocycles. The van der Waals surface area contributed by atoms with Crippen molar-refractivity contribution >= 4 is 5.78 Å². The van der Waals surface area contributed by atoms with Crippen LogP contribution in [0.2, 0.25) is 0 Å². The standard InChI is InChI=1S/C17H16O/c1-12-6-2-3-7-13(12)14-8-4-10-16-15(14)9-5-11-17(16)18/h2-4,6-8,10H,5,9,11H2,1H3. The van der Waals surface area contributed by atoms with Gasteiger partial charge in [-0.15, -0.1) is 0 Å². The third kappa shape index (κ3) is 1.76. The lowest BCUT2D eigenvalue weighted by Gasteiger charge is -2.19. The molecular weight excluding hydrogens is 220 g/mol. The normalized spacial score (nSPS) is 14.4. The highest BCUT2D eigenvalue weighted by atomic mass is 16.1. The van der Waals surface area contributed by atoms with Crippen LogP contribution in [0.5, 0.6) is 0 Å². The minimum absolute atomic E-state index is 0.298. The molecule has 0 heterocycles. The van der Waals surface area contributed by atoms with Crippen molar-refractivity contribution in [2.45, 2.75) is 26.2 Å². The van der Waals surface area contributed by atoms with Gasteiger partial charge in [-0.25, -0.2) is 0 Å². The first kappa shape index (κ1) is 11.2. The zero-order chi connectivity index (χ0) is 12.5. The van der Waals surface area contributed by atoms with E-state index in [9.17, 15) is 4.79 Å². The molecule has 0 spiro atoms. The van der Waals surface area contributed by atoms with E-state index in [1.807, 2.05) is 12.1 Å². The van der Waals surface area contributed by atoms with Crippen molar-refractivity contribution in [3.63, 3.8) is 0 Å². The summed E-state index contributed by atoms with van der Waals surface area (Å²) < 4.78 is 0. The van der Waals surface area contributed by atoms with Crippen LogP contribution >= 0.6 is 0 Å². The van der Waals surface area contributed by atoms with E-state index in [2.05, 4.69) is 37.3 Å². The zero-order valence-electron chi connectivity index (χ0n) is 10.6. The molecule has 0 saturated carbocycles. The fraction of sp³-hybridized carbons (Fsp3) is 0.235. The summed E-state index contributed by atoms with van der Waals surface area (Å²) in [4.78, 5) is 12.0. The summed E-state index contributed by atoms with van der Waals surface area (Å²) in [5, 5.41) is 0. The van der Waals surface area contributed by atoms with Crippen LogP contribution in [0.15, 0.2) is 42.5 Å². The van der Waals surface area contributed by atoms with E-state index in [1.54, 1.807) is 0 Å². The van der Waals surface area contributed by atoms with E-state index in [4.69, 9.17) is 0 Å². The van der Waals surface area contributed by atoms with Crippen LogP contribution in [0.25, 0.3) is 11.1 Å². The summed E-state index contributed by atoms with van der Waals surface area (Å²) in [6.45, 7) is 2.12. The molecule has 0 unspecified atom stereocenters. The van der Waals surface area contributed by atoms with E-state index in [0.29, 0.717) is 12.2 Å². The lowest BCUT2D eigenvalue weighted by molar-refractivity contribution is 0.0972. The van der Waals surface area contributed by atoms with Crippen LogP contribution < -0.4 is 0 Å². The van der Waals surface area contributed by atoms with Crippen molar-refractivity contribution in [2.75, 3.05) is 0 Å². The summed E-state index contributed by atoms with van der Waals surface area (Å²) in [6, 6.07) is 14.5. The molecule has 0 N–H and O–H groups in total. The van der Waals surface area contributed by atoms with Gasteiger partial charge in [-0.2, -0.15) is 0 Å². The Morgan fingerprint density at radius 2 is 1.56 bits per heavy atom. The van der Waals surface area contributed by atoms with Crippen molar-refractivity contribution in [3.05, 3.63) is 59.2 Å². The van der Waals surface area contributed by atoms with Gasteiger partial charge in [0.15, 0.2) is 5.78 Å². The number of aryl methyl sites for hydroxylation is 1. The molecule has 3 rings (SSSR count). The molecule has 0 radical (unpaired) electrons. The fourth-order valence-corrected chi connectivity index (χ4v) is 2.81. The Morgan fingerprint density at radius 1 is 0.833 bits per heavy atom. The van der Waals surface area contributed by atoms with Gasteiger partial charge in [-0.1, -0.05) is 42.5 Å².